The molecule has 10 heavy (non-hydrogen) atoms. The molecule has 0 radical (unpaired) electrons. The van der Waals surface area contributed by atoms with E-state index in [0.29, 0.717) is 11.6 Å². The Balaban J connectivity index is 2.75. The molecule has 0 aliphatic carbocycles. The summed E-state index contributed by atoms with van der Waals surface area (Å²) in [5, 5.41) is 8.87. The highest BCUT2D eigenvalue weighted by atomic mass is 35.5. The first-order valence-corrected chi connectivity index (χ1v) is 3.28. The van der Waals surface area contributed by atoms with Crippen molar-refractivity contribution in [3.8, 4) is 0 Å². The molecule has 1 N–H and O–H groups in total. The minimum atomic E-state index is 0.0784. The van der Waals surface area contributed by atoms with Gasteiger partial charge in [0.05, 0.1) is 11.9 Å². The fourth-order valence-electron chi connectivity index (χ4n) is 0.615. The van der Waals surface area contributed by atoms with E-state index in [2.05, 4.69) is 9.97 Å². The lowest BCUT2D eigenvalue weighted by atomic mass is 10.3. The molecule has 0 bridgehead atoms. The number of hydrogen-bond acceptors (Lipinski definition) is 3. The van der Waals surface area contributed by atoms with E-state index in [1.807, 2.05) is 0 Å². The van der Waals surface area contributed by atoms with Crippen LogP contribution in [0.3, 0.4) is 0 Å². The van der Waals surface area contributed by atoms with Gasteiger partial charge in [-0.2, -0.15) is 0 Å². The molecule has 3 nitrogen and oxygen atoms in total. The Morgan fingerprint density at radius 3 is 2.90 bits per heavy atom. The first kappa shape index (κ1) is 7.44. The van der Waals surface area contributed by atoms with Crippen molar-refractivity contribution in [2.75, 3.05) is 6.61 Å². The second kappa shape index (κ2) is 3.49. The SMILES string of the molecule is OCCc1cncc(Cl)n1. The maximum Gasteiger partial charge on any atom is 0.147 e. The molecule has 0 saturated heterocycles. The molecule has 1 rings (SSSR count). The Hall–Kier alpha value is -0.670. The molecule has 0 saturated carbocycles. The smallest absolute Gasteiger partial charge is 0.147 e. The number of halogens is 1. The number of aromatic nitrogens is 2. The van der Waals surface area contributed by atoms with Gasteiger partial charge in [-0.25, -0.2) is 4.98 Å². The predicted molar refractivity (Wildman–Crippen MR) is 37.8 cm³/mol. The average molecular weight is 159 g/mol. The highest BCUT2D eigenvalue weighted by Crippen LogP contribution is 2.01. The maximum absolute atomic E-state index is 8.50. The number of aliphatic hydroxyl groups excluding tert-OH is 1. The van der Waals surface area contributed by atoms with Gasteiger partial charge in [0.1, 0.15) is 5.15 Å². The van der Waals surface area contributed by atoms with E-state index >= 15 is 0 Å². The van der Waals surface area contributed by atoms with Gasteiger partial charge in [0.15, 0.2) is 0 Å². The van der Waals surface area contributed by atoms with E-state index in [0.717, 1.165) is 5.69 Å². The van der Waals surface area contributed by atoms with Crippen molar-refractivity contribution < 1.29 is 5.11 Å². The number of nitrogens with zero attached hydrogens (tertiary/aromatic N) is 2. The van der Waals surface area contributed by atoms with Crippen LogP contribution in [0.2, 0.25) is 5.15 Å². The van der Waals surface area contributed by atoms with Gasteiger partial charge < -0.3 is 5.11 Å². The third kappa shape index (κ3) is 1.93. The van der Waals surface area contributed by atoms with Gasteiger partial charge in [0.25, 0.3) is 0 Å². The van der Waals surface area contributed by atoms with Gasteiger partial charge in [0.2, 0.25) is 0 Å². The van der Waals surface area contributed by atoms with Crippen molar-refractivity contribution in [3.05, 3.63) is 23.2 Å². The number of hydrogen-bond donors (Lipinski definition) is 1. The fraction of sp³-hybridized carbons (Fsp3) is 0.333. The quantitative estimate of drug-likeness (QED) is 0.688. The van der Waals surface area contributed by atoms with Gasteiger partial charge in [-0.3, -0.25) is 4.98 Å². The highest BCUT2D eigenvalue weighted by molar-refractivity contribution is 6.29. The van der Waals surface area contributed by atoms with Crippen LogP contribution in [-0.4, -0.2) is 21.7 Å². The van der Waals surface area contributed by atoms with Gasteiger partial charge in [0, 0.05) is 19.2 Å². The van der Waals surface area contributed by atoms with E-state index in [1.54, 1.807) is 6.20 Å². The maximum atomic E-state index is 8.50. The molecule has 1 heterocycles. The molecule has 0 aliphatic heterocycles. The van der Waals surface area contributed by atoms with Crippen LogP contribution in [0.25, 0.3) is 0 Å². The van der Waals surface area contributed by atoms with Gasteiger partial charge >= 0.3 is 0 Å². The van der Waals surface area contributed by atoms with Crippen LogP contribution in [0, 0.1) is 0 Å². The second-order valence-electron chi connectivity index (χ2n) is 1.81. The van der Waals surface area contributed by atoms with Crippen molar-refractivity contribution in [2.45, 2.75) is 6.42 Å². The van der Waals surface area contributed by atoms with Crippen LogP contribution >= 0.6 is 11.6 Å². The van der Waals surface area contributed by atoms with E-state index in [9.17, 15) is 0 Å². The summed E-state index contributed by atoms with van der Waals surface area (Å²) < 4.78 is 0. The van der Waals surface area contributed by atoms with Crippen LogP contribution in [0.4, 0.5) is 0 Å². The molecule has 0 aliphatic rings. The lowest BCUT2D eigenvalue weighted by Crippen LogP contribution is -1.94. The zero-order valence-electron chi connectivity index (χ0n) is 5.29. The summed E-state index contributed by atoms with van der Waals surface area (Å²) in [6.45, 7) is 0.0784. The topological polar surface area (TPSA) is 46.0 Å². The number of rotatable bonds is 2. The summed E-state index contributed by atoms with van der Waals surface area (Å²) in [6, 6.07) is 0. The van der Waals surface area contributed by atoms with E-state index in [-0.39, 0.29) is 6.61 Å². The number of aliphatic hydroxyl groups is 1. The summed E-state index contributed by atoms with van der Waals surface area (Å²) in [5.74, 6) is 0. The summed E-state index contributed by atoms with van der Waals surface area (Å²) in [7, 11) is 0. The lowest BCUT2D eigenvalue weighted by Gasteiger charge is -1.94. The van der Waals surface area contributed by atoms with Crippen LogP contribution in [0.5, 0.6) is 0 Å². The molecule has 54 valence electrons. The highest BCUT2D eigenvalue weighted by Gasteiger charge is 1.93. The summed E-state index contributed by atoms with van der Waals surface area (Å²) in [5.41, 5.74) is 0.718. The Labute approximate surface area is 63.7 Å². The minimum absolute atomic E-state index is 0.0784. The summed E-state index contributed by atoms with van der Waals surface area (Å²) in [6.07, 6.45) is 3.55. The molecule has 4 heteroatoms. The van der Waals surface area contributed by atoms with E-state index in [4.69, 9.17) is 16.7 Å². The third-order valence-electron chi connectivity index (χ3n) is 1.02. The van der Waals surface area contributed by atoms with Crippen LogP contribution in [0.1, 0.15) is 5.69 Å². The molecule has 1 aromatic rings. The molecule has 0 atom stereocenters. The Morgan fingerprint density at radius 2 is 2.30 bits per heavy atom. The average Bonchev–Trinajstić information content (AvgIpc) is 1.88. The molecular formula is C6H7ClN2O. The summed E-state index contributed by atoms with van der Waals surface area (Å²) >= 11 is 5.53. The van der Waals surface area contributed by atoms with E-state index in [1.165, 1.54) is 6.20 Å². The zero-order chi connectivity index (χ0) is 7.40. The van der Waals surface area contributed by atoms with Gasteiger partial charge in [-0.1, -0.05) is 11.6 Å². The van der Waals surface area contributed by atoms with Crippen LogP contribution < -0.4 is 0 Å². The van der Waals surface area contributed by atoms with Crippen molar-refractivity contribution in [2.24, 2.45) is 0 Å². The molecule has 0 aromatic carbocycles. The van der Waals surface area contributed by atoms with Crippen molar-refractivity contribution in [1.29, 1.82) is 0 Å². The third-order valence-corrected chi connectivity index (χ3v) is 1.21. The Bertz CT molecular complexity index is 217. The van der Waals surface area contributed by atoms with Gasteiger partial charge in [-0.15, -0.1) is 0 Å². The molecule has 0 amide bonds. The van der Waals surface area contributed by atoms with Crippen molar-refractivity contribution in [3.63, 3.8) is 0 Å². The molecule has 1 aromatic heterocycles. The standard InChI is InChI=1S/C6H7ClN2O/c7-6-4-8-3-5(9-6)1-2-10/h3-4,10H,1-2H2. The molecular weight excluding hydrogens is 152 g/mol. The van der Waals surface area contributed by atoms with Crippen LogP contribution in [-0.2, 0) is 6.42 Å². The summed E-state index contributed by atoms with van der Waals surface area (Å²) in [4.78, 5) is 7.70. The van der Waals surface area contributed by atoms with Crippen molar-refractivity contribution >= 4 is 11.6 Å². The molecule has 0 spiro atoms. The monoisotopic (exact) mass is 158 g/mol. The van der Waals surface area contributed by atoms with E-state index < -0.39 is 0 Å². The lowest BCUT2D eigenvalue weighted by molar-refractivity contribution is 0.298. The van der Waals surface area contributed by atoms with Crippen LogP contribution in [0.15, 0.2) is 12.4 Å². The van der Waals surface area contributed by atoms with Gasteiger partial charge in [-0.05, 0) is 0 Å². The zero-order valence-corrected chi connectivity index (χ0v) is 6.04. The minimum Gasteiger partial charge on any atom is -0.396 e. The largest absolute Gasteiger partial charge is 0.396 e. The normalized spacial score (nSPS) is 9.80. The predicted octanol–water partition coefficient (Wildman–Crippen LogP) is 0.665. The molecule has 0 fully saturated rings. The Morgan fingerprint density at radius 1 is 1.50 bits per heavy atom. The van der Waals surface area contributed by atoms with Crippen molar-refractivity contribution in [1.82, 2.24) is 9.97 Å². The second-order valence-corrected chi connectivity index (χ2v) is 2.19. The first-order chi connectivity index (χ1) is 4.83. The first-order valence-electron chi connectivity index (χ1n) is 2.90. The Kier molecular flexibility index (Phi) is 2.59. The fourth-order valence-corrected chi connectivity index (χ4v) is 0.780. The molecule has 0 unspecified atom stereocenters.